The lowest BCUT2D eigenvalue weighted by molar-refractivity contribution is -0.137. The highest BCUT2D eigenvalue weighted by molar-refractivity contribution is 6.30. The summed E-state index contributed by atoms with van der Waals surface area (Å²) in [7, 11) is 0. The summed E-state index contributed by atoms with van der Waals surface area (Å²) in [5.41, 5.74) is -0.227. The van der Waals surface area contributed by atoms with Gasteiger partial charge in [-0.05, 0) is 42.5 Å². The normalized spacial score (nSPS) is 11.5. The Morgan fingerprint density at radius 1 is 1.21 bits per heavy atom. The van der Waals surface area contributed by atoms with Crippen molar-refractivity contribution in [1.29, 1.82) is 0 Å². The molecule has 0 atom stereocenters. The molecule has 0 amide bonds. The molecule has 0 aliphatic rings. The predicted molar refractivity (Wildman–Crippen MR) is 93.1 cm³/mol. The van der Waals surface area contributed by atoms with E-state index in [1.165, 1.54) is 25.1 Å². The Bertz CT molecular complexity index is 1070. The molecule has 2 aromatic carbocycles. The zero-order valence-electron chi connectivity index (χ0n) is 14.3. The molecule has 0 aliphatic heterocycles. The summed E-state index contributed by atoms with van der Waals surface area (Å²) in [5, 5.41) is 4.34. The number of esters is 1. The van der Waals surface area contributed by atoms with Crippen molar-refractivity contribution >= 4 is 17.6 Å². The maximum atomic E-state index is 12.7. The minimum Gasteiger partial charge on any atom is -0.426 e. The minimum absolute atomic E-state index is 0.119. The fourth-order valence-electron chi connectivity index (χ4n) is 2.41. The third-order valence-electron chi connectivity index (χ3n) is 3.66. The van der Waals surface area contributed by atoms with Crippen molar-refractivity contribution in [1.82, 2.24) is 9.78 Å². The highest BCUT2D eigenvalue weighted by Crippen LogP contribution is 2.30. The largest absolute Gasteiger partial charge is 0.437 e. The molecule has 0 N–H and O–H groups in total. The van der Waals surface area contributed by atoms with Gasteiger partial charge in [0.2, 0.25) is 5.89 Å². The summed E-state index contributed by atoms with van der Waals surface area (Å²) < 4.78 is 49.0. The number of benzene rings is 2. The van der Waals surface area contributed by atoms with Crippen LogP contribution in [0.15, 0.2) is 51.7 Å². The van der Waals surface area contributed by atoms with Crippen LogP contribution in [0.4, 0.5) is 13.2 Å². The Hall–Kier alpha value is -3.07. The molecule has 0 aliphatic carbocycles. The second-order valence-corrected chi connectivity index (χ2v) is 6.19. The number of hydrogen-bond acceptors (Lipinski definition) is 5. The molecule has 10 heteroatoms. The maximum Gasteiger partial charge on any atom is 0.437 e. The number of aromatic nitrogens is 2. The SMILES string of the molecule is CC(=O)Oc1ccc(Cl)cc1Cn1nc(-c2ccc(C(F)(F)F)cc2)oc1=O. The van der Waals surface area contributed by atoms with Gasteiger partial charge in [0.25, 0.3) is 0 Å². The van der Waals surface area contributed by atoms with Crippen molar-refractivity contribution in [2.24, 2.45) is 0 Å². The van der Waals surface area contributed by atoms with E-state index in [0.29, 0.717) is 10.6 Å². The van der Waals surface area contributed by atoms with Crippen LogP contribution in [0.2, 0.25) is 5.02 Å². The molecule has 3 aromatic rings. The van der Waals surface area contributed by atoms with Gasteiger partial charge in [-0.15, -0.1) is 5.10 Å². The van der Waals surface area contributed by atoms with E-state index in [2.05, 4.69) is 5.10 Å². The van der Waals surface area contributed by atoms with Crippen molar-refractivity contribution < 1.29 is 27.1 Å². The van der Waals surface area contributed by atoms with Gasteiger partial charge >= 0.3 is 17.9 Å². The smallest absolute Gasteiger partial charge is 0.426 e. The van der Waals surface area contributed by atoms with E-state index in [9.17, 15) is 22.8 Å². The first kappa shape index (κ1) is 19.7. The minimum atomic E-state index is -4.47. The van der Waals surface area contributed by atoms with Gasteiger partial charge in [-0.2, -0.15) is 17.9 Å². The molecular weight excluding hydrogens is 401 g/mol. The molecule has 1 heterocycles. The highest BCUT2D eigenvalue weighted by atomic mass is 35.5. The van der Waals surface area contributed by atoms with E-state index in [0.717, 1.165) is 28.9 Å². The number of carbonyl (C=O) groups is 1. The topological polar surface area (TPSA) is 74.3 Å². The second kappa shape index (κ2) is 7.51. The Morgan fingerprint density at radius 3 is 2.50 bits per heavy atom. The fourth-order valence-corrected chi connectivity index (χ4v) is 2.61. The molecule has 28 heavy (non-hydrogen) atoms. The number of halogens is 4. The van der Waals surface area contributed by atoms with Crippen LogP contribution in [0.25, 0.3) is 11.5 Å². The van der Waals surface area contributed by atoms with Gasteiger partial charge in [0.15, 0.2) is 0 Å². The summed E-state index contributed by atoms with van der Waals surface area (Å²) in [6.07, 6.45) is -4.47. The summed E-state index contributed by atoms with van der Waals surface area (Å²) in [5.74, 6) is -1.33. The molecule has 0 spiro atoms. The molecule has 0 saturated heterocycles. The zero-order chi connectivity index (χ0) is 20.5. The lowest BCUT2D eigenvalue weighted by Gasteiger charge is -2.08. The van der Waals surface area contributed by atoms with Crippen molar-refractivity contribution in [2.45, 2.75) is 19.6 Å². The van der Waals surface area contributed by atoms with Crippen LogP contribution in [-0.2, 0) is 17.5 Å². The average Bonchev–Trinajstić information content (AvgIpc) is 2.97. The Labute approximate surface area is 161 Å². The molecule has 0 bridgehead atoms. The number of nitrogens with zero attached hydrogens (tertiary/aromatic N) is 2. The van der Waals surface area contributed by atoms with Gasteiger partial charge in [0.1, 0.15) is 5.75 Å². The molecular formula is C18H12ClF3N2O4. The molecule has 1 aromatic heterocycles. The fraction of sp³-hybridized carbons (Fsp3) is 0.167. The Kier molecular flexibility index (Phi) is 5.28. The number of alkyl halides is 3. The quantitative estimate of drug-likeness (QED) is 0.475. The Balaban J connectivity index is 1.91. The van der Waals surface area contributed by atoms with Crippen molar-refractivity contribution in [3.8, 4) is 17.2 Å². The number of ether oxygens (including phenoxy) is 1. The molecule has 0 radical (unpaired) electrons. The van der Waals surface area contributed by atoms with Crippen LogP contribution in [-0.4, -0.2) is 15.7 Å². The van der Waals surface area contributed by atoms with E-state index in [-0.39, 0.29) is 23.7 Å². The summed E-state index contributed by atoms with van der Waals surface area (Å²) in [6.45, 7) is 1.11. The third-order valence-corrected chi connectivity index (χ3v) is 3.90. The van der Waals surface area contributed by atoms with Gasteiger partial charge < -0.3 is 9.15 Å². The van der Waals surface area contributed by atoms with E-state index >= 15 is 0 Å². The van der Waals surface area contributed by atoms with E-state index in [1.807, 2.05) is 0 Å². The summed E-state index contributed by atoms with van der Waals surface area (Å²) in [4.78, 5) is 23.3. The molecule has 0 unspecified atom stereocenters. The lowest BCUT2D eigenvalue weighted by atomic mass is 10.1. The van der Waals surface area contributed by atoms with Gasteiger partial charge in [0, 0.05) is 23.1 Å². The molecule has 0 fully saturated rings. The standard InChI is InChI=1S/C18H12ClF3N2O4/c1-10(25)27-15-7-6-14(19)8-12(15)9-24-17(26)28-16(23-24)11-2-4-13(5-3-11)18(20,21)22/h2-8H,9H2,1H3. The van der Waals surface area contributed by atoms with Gasteiger partial charge in [-0.1, -0.05) is 11.6 Å². The van der Waals surface area contributed by atoms with E-state index in [4.69, 9.17) is 20.8 Å². The van der Waals surface area contributed by atoms with Crippen LogP contribution < -0.4 is 10.5 Å². The van der Waals surface area contributed by atoms with Crippen molar-refractivity contribution in [3.63, 3.8) is 0 Å². The van der Waals surface area contributed by atoms with E-state index < -0.39 is 23.5 Å². The van der Waals surface area contributed by atoms with Crippen molar-refractivity contribution in [3.05, 3.63) is 69.2 Å². The summed E-state index contributed by atoms with van der Waals surface area (Å²) in [6, 6.07) is 8.53. The highest BCUT2D eigenvalue weighted by Gasteiger charge is 2.30. The molecule has 6 nitrogen and oxygen atoms in total. The van der Waals surface area contributed by atoms with Gasteiger partial charge in [-0.3, -0.25) is 4.79 Å². The number of carbonyl (C=O) groups excluding carboxylic acids is 1. The number of rotatable bonds is 4. The van der Waals surface area contributed by atoms with E-state index in [1.54, 1.807) is 0 Å². The van der Waals surface area contributed by atoms with Gasteiger partial charge in [0.05, 0.1) is 12.1 Å². The lowest BCUT2D eigenvalue weighted by Crippen LogP contribution is -2.17. The van der Waals surface area contributed by atoms with Crippen LogP contribution in [0.3, 0.4) is 0 Å². The molecule has 146 valence electrons. The zero-order valence-corrected chi connectivity index (χ0v) is 15.0. The third kappa shape index (κ3) is 4.42. The van der Waals surface area contributed by atoms with Crippen LogP contribution in [0, 0.1) is 0 Å². The summed E-state index contributed by atoms with van der Waals surface area (Å²) >= 11 is 5.95. The number of hydrogen-bond donors (Lipinski definition) is 0. The monoisotopic (exact) mass is 412 g/mol. The van der Waals surface area contributed by atoms with Crippen molar-refractivity contribution in [2.75, 3.05) is 0 Å². The first-order valence-corrected chi connectivity index (χ1v) is 8.24. The van der Waals surface area contributed by atoms with Crippen LogP contribution >= 0.6 is 11.6 Å². The first-order valence-electron chi connectivity index (χ1n) is 7.86. The van der Waals surface area contributed by atoms with Crippen LogP contribution in [0.1, 0.15) is 18.1 Å². The first-order chi connectivity index (χ1) is 13.1. The second-order valence-electron chi connectivity index (χ2n) is 5.75. The van der Waals surface area contributed by atoms with Gasteiger partial charge in [-0.25, -0.2) is 4.79 Å². The van der Waals surface area contributed by atoms with Crippen LogP contribution in [0.5, 0.6) is 5.75 Å². The molecule has 3 rings (SSSR count). The predicted octanol–water partition coefficient (Wildman–Crippen LogP) is 4.15. The maximum absolute atomic E-state index is 12.7. The molecule has 0 saturated carbocycles. The Morgan fingerprint density at radius 2 is 1.89 bits per heavy atom. The average molecular weight is 413 g/mol.